The standard InChI is InChI=1S/C14H20BrN3O/c1-2-18-7-5-11(6-8-18)9-17-14(19)13-4-3-12(15)10-16-13/h3-4,10-11H,2,5-9H2,1H3,(H,17,19). The van der Waals surface area contributed by atoms with Gasteiger partial charge in [-0.25, -0.2) is 4.98 Å². The first kappa shape index (κ1) is 14.5. The second-order valence-corrected chi connectivity index (χ2v) is 5.86. The number of amides is 1. The average Bonchev–Trinajstić information content (AvgIpc) is 2.46. The van der Waals surface area contributed by atoms with E-state index in [1.165, 1.54) is 12.8 Å². The summed E-state index contributed by atoms with van der Waals surface area (Å²) in [7, 11) is 0. The van der Waals surface area contributed by atoms with Gasteiger partial charge in [-0.05, 0) is 66.5 Å². The van der Waals surface area contributed by atoms with Crippen molar-refractivity contribution in [1.82, 2.24) is 15.2 Å². The molecule has 104 valence electrons. The van der Waals surface area contributed by atoms with Crippen LogP contribution in [0.25, 0.3) is 0 Å². The van der Waals surface area contributed by atoms with Crippen LogP contribution in [-0.4, -0.2) is 42.0 Å². The number of likely N-dealkylation sites (tertiary alicyclic amines) is 1. The topological polar surface area (TPSA) is 45.2 Å². The van der Waals surface area contributed by atoms with Gasteiger partial charge >= 0.3 is 0 Å². The van der Waals surface area contributed by atoms with Crippen molar-refractivity contribution in [2.24, 2.45) is 5.92 Å². The summed E-state index contributed by atoms with van der Waals surface area (Å²) in [5.74, 6) is 0.521. The Balaban J connectivity index is 1.76. The predicted molar refractivity (Wildman–Crippen MR) is 79.1 cm³/mol. The summed E-state index contributed by atoms with van der Waals surface area (Å²) in [6.45, 7) is 6.37. The number of carbonyl (C=O) groups is 1. The van der Waals surface area contributed by atoms with E-state index in [0.29, 0.717) is 11.6 Å². The molecule has 0 atom stereocenters. The Hall–Kier alpha value is -0.940. The van der Waals surface area contributed by atoms with Crippen molar-refractivity contribution in [2.45, 2.75) is 19.8 Å². The maximum absolute atomic E-state index is 11.9. The minimum atomic E-state index is -0.0783. The van der Waals surface area contributed by atoms with Crippen molar-refractivity contribution in [2.75, 3.05) is 26.2 Å². The van der Waals surface area contributed by atoms with Crippen molar-refractivity contribution in [3.05, 3.63) is 28.5 Å². The van der Waals surface area contributed by atoms with Crippen LogP contribution < -0.4 is 5.32 Å². The second kappa shape index (κ2) is 7.01. The zero-order chi connectivity index (χ0) is 13.7. The first-order valence-corrected chi connectivity index (χ1v) is 7.60. The Labute approximate surface area is 122 Å². The molecule has 1 saturated heterocycles. The van der Waals surface area contributed by atoms with Gasteiger partial charge in [-0.3, -0.25) is 4.79 Å². The molecule has 19 heavy (non-hydrogen) atoms. The molecule has 0 saturated carbocycles. The van der Waals surface area contributed by atoms with Crippen molar-refractivity contribution in [1.29, 1.82) is 0 Å². The van der Waals surface area contributed by atoms with Gasteiger partial charge in [0.25, 0.3) is 5.91 Å². The fourth-order valence-electron chi connectivity index (χ4n) is 2.34. The van der Waals surface area contributed by atoms with Gasteiger partial charge in [-0.2, -0.15) is 0 Å². The summed E-state index contributed by atoms with van der Waals surface area (Å²) in [6, 6.07) is 3.57. The second-order valence-electron chi connectivity index (χ2n) is 4.95. The summed E-state index contributed by atoms with van der Waals surface area (Å²) in [4.78, 5) is 18.5. The third-order valence-corrected chi connectivity index (χ3v) is 4.13. The highest BCUT2D eigenvalue weighted by molar-refractivity contribution is 9.10. The zero-order valence-corrected chi connectivity index (χ0v) is 12.8. The Bertz CT molecular complexity index is 413. The van der Waals surface area contributed by atoms with Gasteiger partial charge in [0.1, 0.15) is 5.69 Å². The molecule has 0 bridgehead atoms. The third-order valence-electron chi connectivity index (χ3n) is 3.67. The molecular weight excluding hydrogens is 306 g/mol. The zero-order valence-electron chi connectivity index (χ0n) is 11.2. The van der Waals surface area contributed by atoms with Crippen LogP contribution in [0.15, 0.2) is 22.8 Å². The van der Waals surface area contributed by atoms with Crippen LogP contribution in [0.1, 0.15) is 30.3 Å². The number of hydrogen-bond acceptors (Lipinski definition) is 3. The summed E-state index contributed by atoms with van der Waals surface area (Å²) in [5.41, 5.74) is 0.481. The quantitative estimate of drug-likeness (QED) is 0.923. The molecule has 1 fully saturated rings. The minimum Gasteiger partial charge on any atom is -0.350 e. The molecule has 1 aromatic heterocycles. The monoisotopic (exact) mass is 325 g/mol. The molecule has 4 nitrogen and oxygen atoms in total. The number of halogens is 1. The van der Waals surface area contributed by atoms with Gasteiger partial charge in [-0.1, -0.05) is 6.92 Å². The highest BCUT2D eigenvalue weighted by Gasteiger charge is 2.18. The van der Waals surface area contributed by atoms with E-state index in [2.05, 4.69) is 38.1 Å². The lowest BCUT2D eigenvalue weighted by molar-refractivity contribution is 0.0932. The van der Waals surface area contributed by atoms with Gasteiger partial charge in [-0.15, -0.1) is 0 Å². The van der Waals surface area contributed by atoms with Crippen LogP contribution in [0.4, 0.5) is 0 Å². The molecule has 0 unspecified atom stereocenters. The molecule has 2 heterocycles. The third kappa shape index (κ3) is 4.28. The normalized spacial score (nSPS) is 17.4. The lowest BCUT2D eigenvalue weighted by Gasteiger charge is -2.30. The van der Waals surface area contributed by atoms with E-state index >= 15 is 0 Å². The van der Waals surface area contributed by atoms with E-state index in [9.17, 15) is 4.79 Å². The van der Waals surface area contributed by atoms with Gasteiger partial charge < -0.3 is 10.2 Å². The van der Waals surface area contributed by atoms with Crippen LogP contribution in [0.3, 0.4) is 0 Å². The molecule has 1 N–H and O–H groups in total. The first-order valence-electron chi connectivity index (χ1n) is 6.81. The van der Waals surface area contributed by atoms with E-state index in [1.807, 2.05) is 6.07 Å². The molecule has 0 spiro atoms. The molecule has 0 radical (unpaired) electrons. The Morgan fingerprint density at radius 2 is 2.21 bits per heavy atom. The maximum Gasteiger partial charge on any atom is 0.269 e. The van der Waals surface area contributed by atoms with E-state index in [-0.39, 0.29) is 5.91 Å². The average molecular weight is 326 g/mol. The smallest absolute Gasteiger partial charge is 0.269 e. The number of carbonyl (C=O) groups excluding carboxylic acids is 1. The molecule has 5 heteroatoms. The number of piperidine rings is 1. The van der Waals surface area contributed by atoms with Gasteiger partial charge in [0.15, 0.2) is 0 Å². The van der Waals surface area contributed by atoms with Gasteiger partial charge in [0.05, 0.1) is 0 Å². The van der Waals surface area contributed by atoms with Crippen LogP contribution in [0.2, 0.25) is 0 Å². The van der Waals surface area contributed by atoms with E-state index < -0.39 is 0 Å². The molecule has 1 aromatic rings. The molecule has 1 aliphatic heterocycles. The van der Waals surface area contributed by atoms with Crippen LogP contribution in [-0.2, 0) is 0 Å². The SMILES string of the molecule is CCN1CCC(CNC(=O)c2ccc(Br)cn2)CC1. The van der Waals surface area contributed by atoms with E-state index in [1.54, 1.807) is 12.3 Å². The molecule has 2 rings (SSSR count). The Kier molecular flexibility index (Phi) is 5.34. The predicted octanol–water partition coefficient (Wildman–Crippen LogP) is 2.31. The fourth-order valence-corrected chi connectivity index (χ4v) is 2.58. The Morgan fingerprint density at radius 3 is 2.79 bits per heavy atom. The summed E-state index contributed by atoms with van der Waals surface area (Å²) in [5, 5.41) is 2.99. The van der Waals surface area contributed by atoms with Gasteiger partial charge in [0, 0.05) is 17.2 Å². The molecule has 1 aliphatic rings. The highest BCUT2D eigenvalue weighted by atomic mass is 79.9. The largest absolute Gasteiger partial charge is 0.350 e. The molecule has 0 aromatic carbocycles. The lowest BCUT2D eigenvalue weighted by Crippen LogP contribution is -2.38. The van der Waals surface area contributed by atoms with Crippen LogP contribution >= 0.6 is 15.9 Å². The Morgan fingerprint density at radius 1 is 1.47 bits per heavy atom. The minimum absolute atomic E-state index is 0.0783. The number of nitrogens with zero attached hydrogens (tertiary/aromatic N) is 2. The number of pyridine rings is 1. The summed E-state index contributed by atoms with van der Waals surface area (Å²) in [6.07, 6.45) is 3.98. The summed E-state index contributed by atoms with van der Waals surface area (Å²) < 4.78 is 0.885. The lowest BCUT2D eigenvalue weighted by atomic mass is 9.97. The number of hydrogen-bond donors (Lipinski definition) is 1. The number of aromatic nitrogens is 1. The maximum atomic E-state index is 11.9. The molecule has 0 aliphatic carbocycles. The van der Waals surface area contributed by atoms with E-state index in [0.717, 1.165) is 30.7 Å². The fraction of sp³-hybridized carbons (Fsp3) is 0.571. The van der Waals surface area contributed by atoms with Crippen molar-refractivity contribution in [3.8, 4) is 0 Å². The van der Waals surface area contributed by atoms with Crippen molar-refractivity contribution < 1.29 is 4.79 Å². The van der Waals surface area contributed by atoms with Crippen LogP contribution in [0, 0.1) is 5.92 Å². The summed E-state index contributed by atoms with van der Waals surface area (Å²) >= 11 is 3.31. The van der Waals surface area contributed by atoms with Gasteiger partial charge in [0.2, 0.25) is 0 Å². The van der Waals surface area contributed by atoms with Crippen molar-refractivity contribution >= 4 is 21.8 Å². The van der Waals surface area contributed by atoms with Crippen LogP contribution in [0.5, 0.6) is 0 Å². The number of rotatable bonds is 4. The van der Waals surface area contributed by atoms with E-state index in [4.69, 9.17) is 0 Å². The highest BCUT2D eigenvalue weighted by Crippen LogP contribution is 2.16. The molecular formula is C14H20BrN3O. The first-order chi connectivity index (χ1) is 9.19. The number of nitrogens with one attached hydrogen (secondary N) is 1. The van der Waals surface area contributed by atoms with Crippen molar-refractivity contribution in [3.63, 3.8) is 0 Å². The molecule has 1 amide bonds.